The van der Waals surface area contributed by atoms with E-state index in [1.807, 2.05) is 0 Å². The fourth-order valence-corrected chi connectivity index (χ4v) is 4.58. The summed E-state index contributed by atoms with van der Waals surface area (Å²) in [6, 6.07) is 11.9. The van der Waals surface area contributed by atoms with Crippen LogP contribution in [0.1, 0.15) is 11.1 Å². The molecule has 3 aromatic carbocycles. The molecule has 0 aliphatic rings. The van der Waals surface area contributed by atoms with E-state index in [-0.39, 0.29) is 21.4 Å². The minimum Gasteiger partial charge on any atom is -0.493 e. The van der Waals surface area contributed by atoms with Gasteiger partial charge in [-0.2, -0.15) is 0 Å². The number of anilines is 1. The molecule has 3 rings (SSSR count). The van der Waals surface area contributed by atoms with Crippen molar-refractivity contribution in [1.29, 1.82) is 0 Å². The molecule has 0 atom stereocenters. The van der Waals surface area contributed by atoms with E-state index in [0.717, 1.165) is 0 Å². The third kappa shape index (κ3) is 5.55. The lowest BCUT2D eigenvalue weighted by Crippen LogP contribution is -2.14. The van der Waals surface area contributed by atoms with Crippen molar-refractivity contribution in [2.75, 3.05) is 33.2 Å². The zero-order valence-electron chi connectivity index (χ0n) is 18.9. The molecule has 0 aliphatic carbocycles. The average molecular weight is 508 g/mol. The molecule has 34 heavy (non-hydrogen) atoms. The molecule has 0 fully saturated rings. The number of hydrogen-bond donors (Lipinski definition) is 1. The van der Waals surface area contributed by atoms with Crippen LogP contribution in [0.25, 0.3) is 12.2 Å². The molecule has 1 N–H and O–H groups in total. The van der Waals surface area contributed by atoms with Crippen molar-refractivity contribution >= 4 is 39.5 Å². The topological polar surface area (TPSA) is 83.1 Å². The van der Waals surface area contributed by atoms with Crippen molar-refractivity contribution in [3.05, 3.63) is 70.5 Å². The Hall–Kier alpha value is -3.43. The smallest absolute Gasteiger partial charge is 0.262 e. The molecule has 0 aliphatic heterocycles. The molecule has 0 saturated carbocycles. The lowest BCUT2D eigenvalue weighted by molar-refractivity contribution is 0.324. The maximum Gasteiger partial charge on any atom is 0.262 e. The Bertz CT molecular complexity index is 1300. The second-order valence-corrected chi connectivity index (χ2v) is 9.06. The van der Waals surface area contributed by atoms with Crippen LogP contribution in [0.15, 0.2) is 53.4 Å². The van der Waals surface area contributed by atoms with Crippen LogP contribution < -0.4 is 23.7 Å². The van der Waals surface area contributed by atoms with Crippen molar-refractivity contribution in [3.63, 3.8) is 0 Å². The number of benzene rings is 3. The van der Waals surface area contributed by atoms with Crippen LogP contribution in [0, 0.1) is 5.82 Å². The quantitative estimate of drug-likeness (QED) is 0.386. The molecule has 7 nitrogen and oxygen atoms in total. The van der Waals surface area contributed by atoms with Crippen LogP contribution in [0.3, 0.4) is 0 Å². The maximum atomic E-state index is 14.7. The number of halogens is 2. The van der Waals surface area contributed by atoms with Gasteiger partial charge in [0.1, 0.15) is 0 Å². The fraction of sp³-hybridized carbons (Fsp3) is 0.167. The van der Waals surface area contributed by atoms with Crippen molar-refractivity contribution in [3.8, 4) is 23.0 Å². The van der Waals surface area contributed by atoms with Crippen LogP contribution in [0.4, 0.5) is 10.1 Å². The van der Waals surface area contributed by atoms with E-state index in [1.165, 1.54) is 58.8 Å². The summed E-state index contributed by atoms with van der Waals surface area (Å²) in [6.45, 7) is 0. The Labute approximate surface area is 202 Å². The van der Waals surface area contributed by atoms with E-state index >= 15 is 0 Å². The molecule has 0 unspecified atom stereocenters. The minimum absolute atomic E-state index is 0.0629. The molecule has 3 aromatic rings. The van der Waals surface area contributed by atoms with Gasteiger partial charge in [-0.1, -0.05) is 29.8 Å². The van der Waals surface area contributed by atoms with Gasteiger partial charge in [0.2, 0.25) is 5.75 Å². The summed E-state index contributed by atoms with van der Waals surface area (Å²) in [7, 11) is 1.71. The lowest BCUT2D eigenvalue weighted by Gasteiger charge is -2.14. The maximum absolute atomic E-state index is 14.7. The van der Waals surface area contributed by atoms with Gasteiger partial charge in [0, 0.05) is 5.02 Å². The van der Waals surface area contributed by atoms with Gasteiger partial charge >= 0.3 is 0 Å². The minimum atomic E-state index is -4.05. The third-order valence-corrected chi connectivity index (χ3v) is 6.37. The summed E-state index contributed by atoms with van der Waals surface area (Å²) in [4.78, 5) is -0.0687. The molecule has 0 bridgehead atoms. The first kappa shape index (κ1) is 25.2. The SMILES string of the molecule is COc1cc(/C=C\c2cc(F)c(OC)c(NS(=O)(=O)c3cccc(Cl)c3)c2)cc(OC)c1OC. The summed E-state index contributed by atoms with van der Waals surface area (Å²) in [6.07, 6.45) is 3.31. The highest BCUT2D eigenvalue weighted by Gasteiger charge is 2.20. The van der Waals surface area contributed by atoms with Gasteiger partial charge in [-0.3, -0.25) is 4.72 Å². The monoisotopic (exact) mass is 507 g/mol. The van der Waals surface area contributed by atoms with Gasteiger partial charge < -0.3 is 18.9 Å². The number of rotatable bonds is 9. The van der Waals surface area contributed by atoms with Gasteiger partial charge in [0.25, 0.3) is 10.0 Å². The van der Waals surface area contributed by atoms with Crippen LogP contribution in [-0.2, 0) is 10.0 Å². The Kier molecular flexibility index (Phi) is 7.90. The number of hydrogen-bond acceptors (Lipinski definition) is 6. The predicted molar refractivity (Wildman–Crippen MR) is 130 cm³/mol. The Balaban J connectivity index is 1.99. The zero-order chi connectivity index (χ0) is 24.9. The summed E-state index contributed by atoms with van der Waals surface area (Å²) < 4.78 is 63.8. The average Bonchev–Trinajstić information content (AvgIpc) is 2.81. The highest BCUT2D eigenvalue weighted by Crippen LogP contribution is 2.39. The van der Waals surface area contributed by atoms with Crippen molar-refractivity contribution in [2.45, 2.75) is 4.90 Å². The predicted octanol–water partition coefficient (Wildman–Crippen LogP) is 5.48. The van der Waals surface area contributed by atoms with E-state index < -0.39 is 15.8 Å². The lowest BCUT2D eigenvalue weighted by atomic mass is 10.1. The highest BCUT2D eigenvalue weighted by molar-refractivity contribution is 7.92. The van der Waals surface area contributed by atoms with E-state index in [1.54, 1.807) is 30.4 Å². The standard InChI is InChI=1S/C24H23ClFNO6S/c1-30-21-12-16(13-22(31-2)24(21)33-4)9-8-15-10-19(26)23(32-3)20(11-15)27-34(28,29)18-7-5-6-17(25)14-18/h5-14,27H,1-4H3/b9-8-. The highest BCUT2D eigenvalue weighted by atomic mass is 35.5. The van der Waals surface area contributed by atoms with Crippen LogP contribution in [0.2, 0.25) is 5.02 Å². The molecule has 0 heterocycles. The van der Waals surface area contributed by atoms with E-state index in [9.17, 15) is 12.8 Å². The first-order valence-corrected chi connectivity index (χ1v) is 11.7. The van der Waals surface area contributed by atoms with Gasteiger partial charge in [-0.25, -0.2) is 12.8 Å². The van der Waals surface area contributed by atoms with Crippen molar-refractivity contribution in [1.82, 2.24) is 0 Å². The molecule has 0 radical (unpaired) electrons. The van der Waals surface area contributed by atoms with Crippen molar-refractivity contribution in [2.24, 2.45) is 0 Å². The summed E-state index contributed by atoms with van der Waals surface area (Å²) in [5.41, 5.74) is 1.01. The number of methoxy groups -OCH3 is 4. The first-order chi connectivity index (χ1) is 16.2. The molecule has 0 amide bonds. The Morgan fingerprint density at radius 1 is 0.824 bits per heavy atom. The Morgan fingerprint density at radius 2 is 1.41 bits per heavy atom. The molecule has 0 saturated heterocycles. The molecular formula is C24H23ClFNO6S. The number of ether oxygens (including phenoxy) is 4. The summed E-state index contributed by atoms with van der Waals surface area (Å²) in [5.74, 6) is 0.374. The fourth-order valence-electron chi connectivity index (χ4n) is 3.22. The van der Waals surface area contributed by atoms with E-state index in [0.29, 0.717) is 28.4 Å². The molecule has 10 heteroatoms. The second-order valence-electron chi connectivity index (χ2n) is 6.94. The normalized spacial score (nSPS) is 11.4. The van der Waals surface area contributed by atoms with Crippen LogP contribution in [-0.4, -0.2) is 36.9 Å². The largest absolute Gasteiger partial charge is 0.493 e. The van der Waals surface area contributed by atoms with Crippen LogP contribution in [0.5, 0.6) is 23.0 Å². The van der Waals surface area contributed by atoms with Gasteiger partial charge in [0.05, 0.1) is 39.0 Å². The zero-order valence-corrected chi connectivity index (χ0v) is 20.5. The van der Waals surface area contributed by atoms with E-state index in [2.05, 4.69) is 4.72 Å². The third-order valence-electron chi connectivity index (χ3n) is 4.78. The summed E-state index contributed by atoms with van der Waals surface area (Å²) >= 11 is 5.91. The number of sulfonamides is 1. The van der Waals surface area contributed by atoms with Gasteiger partial charge in [-0.05, 0) is 53.6 Å². The molecule has 180 valence electrons. The molecular weight excluding hydrogens is 485 g/mol. The van der Waals surface area contributed by atoms with Crippen LogP contribution >= 0.6 is 11.6 Å². The van der Waals surface area contributed by atoms with Crippen molar-refractivity contribution < 1.29 is 31.8 Å². The number of nitrogens with one attached hydrogen (secondary N) is 1. The van der Waals surface area contributed by atoms with Gasteiger partial charge in [-0.15, -0.1) is 0 Å². The van der Waals surface area contributed by atoms with Gasteiger partial charge in [0.15, 0.2) is 23.1 Å². The molecule has 0 aromatic heterocycles. The Morgan fingerprint density at radius 3 is 1.94 bits per heavy atom. The summed E-state index contributed by atoms with van der Waals surface area (Å²) in [5, 5.41) is 0.253. The second kappa shape index (κ2) is 10.7. The first-order valence-electron chi connectivity index (χ1n) is 9.86. The molecule has 0 spiro atoms. The van der Waals surface area contributed by atoms with E-state index in [4.69, 9.17) is 30.5 Å².